The zero-order valence-corrected chi connectivity index (χ0v) is 9.01. The number of halogens is 2. The fourth-order valence-electron chi connectivity index (χ4n) is 0.893. The van der Waals surface area contributed by atoms with Crippen molar-refractivity contribution >= 4 is 33.6 Å². The standard InChI is InChI=1S/C9H8BrClO2/c10-8-5-7(11)4-6(9(8)13)2-1-3-12/h1-2,4-5,12-13H,3H2. The van der Waals surface area contributed by atoms with Crippen molar-refractivity contribution in [2.24, 2.45) is 0 Å². The topological polar surface area (TPSA) is 40.5 Å². The molecule has 70 valence electrons. The number of hydrogen-bond donors (Lipinski definition) is 2. The van der Waals surface area contributed by atoms with Gasteiger partial charge < -0.3 is 10.2 Å². The molecule has 0 aromatic heterocycles. The molecule has 0 amide bonds. The predicted octanol–water partition coefficient (Wildman–Crippen LogP) is 2.81. The molecule has 0 saturated carbocycles. The van der Waals surface area contributed by atoms with Crippen LogP contribution in [0.1, 0.15) is 5.56 Å². The Morgan fingerprint density at radius 2 is 2.15 bits per heavy atom. The number of phenolic OH excluding ortho intramolecular Hbond substituents is 1. The van der Waals surface area contributed by atoms with Gasteiger partial charge in [-0.3, -0.25) is 0 Å². The summed E-state index contributed by atoms with van der Waals surface area (Å²) in [5, 5.41) is 18.6. The van der Waals surface area contributed by atoms with Crippen LogP contribution in [0.2, 0.25) is 5.02 Å². The molecule has 1 rings (SSSR count). The normalized spacial score (nSPS) is 11.0. The summed E-state index contributed by atoms with van der Waals surface area (Å²) in [4.78, 5) is 0. The summed E-state index contributed by atoms with van der Waals surface area (Å²) in [6, 6.07) is 3.22. The van der Waals surface area contributed by atoms with Crippen LogP contribution in [0.4, 0.5) is 0 Å². The molecule has 0 aliphatic rings. The SMILES string of the molecule is OCC=Cc1cc(Cl)cc(Br)c1O. The molecule has 0 bridgehead atoms. The van der Waals surface area contributed by atoms with E-state index >= 15 is 0 Å². The summed E-state index contributed by atoms with van der Waals surface area (Å²) in [5.41, 5.74) is 0.577. The molecular formula is C9H8BrClO2. The van der Waals surface area contributed by atoms with E-state index < -0.39 is 0 Å². The van der Waals surface area contributed by atoms with Crippen LogP contribution in [-0.2, 0) is 0 Å². The zero-order valence-electron chi connectivity index (χ0n) is 6.67. The molecule has 1 aromatic carbocycles. The van der Waals surface area contributed by atoms with Crippen LogP contribution in [0.25, 0.3) is 6.08 Å². The Morgan fingerprint density at radius 1 is 1.46 bits per heavy atom. The van der Waals surface area contributed by atoms with Crippen molar-refractivity contribution in [1.29, 1.82) is 0 Å². The quantitative estimate of drug-likeness (QED) is 0.861. The molecule has 0 heterocycles. The molecule has 1 aromatic rings. The second-order valence-corrected chi connectivity index (χ2v) is 3.70. The maximum atomic E-state index is 9.51. The largest absolute Gasteiger partial charge is 0.506 e. The Morgan fingerprint density at radius 3 is 2.77 bits per heavy atom. The van der Waals surface area contributed by atoms with Crippen LogP contribution in [0.5, 0.6) is 5.75 Å². The van der Waals surface area contributed by atoms with Gasteiger partial charge in [-0.25, -0.2) is 0 Å². The average molecular weight is 264 g/mol. The maximum Gasteiger partial charge on any atom is 0.137 e. The molecule has 0 aliphatic heterocycles. The van der Waals surface area contributed by atoms with Gasteiger partial charge in [0.25, 0.3) is 0 Å². The highest BCUT2D eigenvalue weighted by atomic mass is 79.9. The van der Waals surface area contributed by atoms with Crippen LogP contribution < -0.4 is 0 Å². The summed E-state index contributed by atoms with van der Waals surface area (Å²) in [5.74, 6) is 0.120. The van der Waals surface area contributed by atoms with Crippen molar-refractivity contribution in [3.8, 4) is 5.75 Å². The van der Waals surface area contributed by atoms with Gasteiger partial charge in [0.15, 0.2) is 0 Å². The van der Waals surface area contributed by atoms with Crippen molar-refractivity contribution in [3.05, 3.63) is 33.3 Å². The number of rotatable bonds is 2. The molecule has 13 heavy (non-hydrogen) atoms. The molecule has 0 spiro atoms. The van der Waals surface area contributed by atoms with Crippen LogP contribution >= 0.6 is 27.5 Å². The second-order valence-electron chi connectivity index (χ2n) is 2.41. The Hall–Kier alpha value is -0.510. The van der Waals surface area contributed by atoms with E-state index in [0.29, 0.717) is 15.1 Å². The summed E-state index contributed by atoms with van der Waals surface area (Å²) in [6.07, 6.45) is 3.13. The third kappa shape index (κ3) is 2.72. The molecule has 0 atom stereocenters. The van der Waals surface area contributed by atoms with Gasteiger partial charge in [-0.1, -0.05) is 23.8 Å². The van der Waals surface area contributed by atoms with Crippen molar-refractivity contribution in [2.45, 2.75) is 0 Å². The second kappa shape index (κ2) is 4.65. The molecule has 0 fully saturated rings. The fourth-order valence-corrected chi connectivity index (χ4v) is 1.73. The smallest absolute Gasteiger partial charge is 0.137 e. The molecule has 0 unspecified atom stereocenters. The van der Waals surface area contributed by atoms with Gasteiger partial charge in [0.05, 0.1) is 11.1 Å². The summed E-state index contributed by atoms with van der Waals surface area (Å²) >= 11 is 8.92. The van der Waals surface area contributed by atoms with E-state index in [0.717, 1.165) is 0 Å². The molecule has 4 heteroatoms. The van der Waals surface area contributed by atoms with Crippen molar-refractivity contribution in [1.82, 2.24) is 0 Å². The molecule has 2 N–H and O–H groups in total. The van der Waals surface area contributed by atoms with Crippen LogP contribution in [-0.4, -0.2) is 16.8 Å². The first-order valence-electron chi connectivity index (χ1n) is 3.60. The zero-order chi connectivity index (χ0) is 9.84. The summed E-state index contributed by atoms with van der Waals surface area (Å²) < 4.78 is 0.539. The number of benzene rings is 1. The van der Waals surface area contributed by atoms with Gasteiger partial charge in [0.2, 0.25) is 0 Å². The average Bonchev–Trinajstić information content (AvgIpc) is 2.09. The monoisotopic (exact) mass is 262 g/mol. The van der Waals surface area contributed by atoms with E-state index in [1.165, 1.54) is 6.08 Å². The third-order valence-electron chi connectivity index (χ3n) is 1.46. The number of hydrogen-bond acceptors (Lipinski definition) is 2. The van der Waals surface area contributed by atoms with Gasteiger partial charge in [-0.2, -0.15) is 0 Å². The molecular weight excluding hydrogens is 255 g/mol. The van der Waals surface area contributed by atoms with Crippen LogP contribution in [0, 0.1) is 0 Å². The minimum absolute atomic E-state index is 0.0659. The van der Waals surface area contributed by atoms with Crippen molar-refractivity contribution < 1.29 is 10.2 Å². The van der Waals surface area contributed by atoms with E-state index in [9.17, 15) is 5.11 Å². The van der Waals surface area contributed by atoms with Gasteiger partial charge in [0, 0.05) is 10.6 Å². The Balaban J connectivity index is 3.12. The lowest BCUT2D eigenvalue weighted by atomic mass is 10.2. The molecule has 0 radical (unpaired) electrons. The lowest BCUT2D eigenvalue weighted by molar-refractivity contribution is 0.343. The summed E-state index contributed by atoms with van der Waals surface area (Å²) in [7, 11) is 0. The molecule has 0 aliphatic carbocycles. The number of aromatic hydroxyl groups is 1. The van der Waals surface area contributed by atoms with Crippen molar-refractivity contribution in [3.63, 3.8) is 0 Å². The first-order chi connectivity index (χ1) is 6.15. The van der Waals surface area contributed by atoms with Crippen molar-refractivity contribution in [2.75, 3.05) is 6.61 Å². The lowest BCUT2D eigenvalue weighted by Crippen LogP contribution is -1.79. The molecule has 2 nitrogen and oxygen atoms in total. The highest BCUT2D eigenvalue weighted by molar-refractivity contribution is 9.10. The van der Waals surface area contributed by atoms with E-state index in [1.54, 1.807) is 18.2 Å². The van der Waals surface area contributed by atoms with E-state index in [-0.39, 0.29) is 12.4 Å². The lowest BCUT2D eigenvalue weighted by Gasteiger charge is -2.02. The Bertz CT molecular complexity index is 337. The van der Waals surface area contributed by atoms with Gasteiger partial charge in [-0.15, -0.1) is 0 Å². The van der Waals surface area contributed by atoms with E-state index in [1.807, 2.05) is 0 Å². The number of aliphatic hydroxyl groups excluding tert-OH is 1. The number of phenols is 1. The summed E-state index contributed by atoms with van der Waals surface area (Å²) in [6.45, 7) is -0.0659. The van der Waals surface area contributed by atoms with E-state index in [4.69, 9.17) is 16.7 Å². The van der Waals surface area contributed by atoms with Gasteiger partial charge in [-0.05, 0) is 28.1 Å². The molecule has 0 saturated heterocycles. The minimum atomic E-state index is -0.0659. The fraction of sp³-hybridized carbons (Fsp3) is 0.111. The number of aliphatic hydroxyl groups is 1. The third-order valence-corrected chi connectivity index (χ3v) is 2.28. The van der Waals surface area contributed by atoms with Crippen LogP contribution in [0.15, 0.2) is 22.7 Å². The first-order valence-corrected chi connectivity index (χ1v) is 4.77. The predicted molar refractivity (Wildman–Crippen MR) is 56.9 cm³/mol. The first kappa shape index (κ1) is 10.6. The minimum Gasteiger partial charge on any atom is -0.506 e. The highest BCUT2D eigenvalue weighted by Gasteiger charge is 2.03. The van der Waals surface area contributed by atoms with E-state index in [2.05, 4.69) is 15.9 Å². The van der Waals surface area contributed by atoms with Gasteiger partial charge in [0.1, 0.15) is 5.75 Å². The Labute approximate surface area is 89.6 Å². The Kier molecular flexibility index (Phi) is 3.78. The highest BCUT2D eigenvalue weighted by Crippen LogP contribution is 2.32. The van der Waals surface area contributed by atoms with Crippen LogP contribution in [0.3, 0.4) is 0 Å². The van der Waals surface area contributed by atoms with Gasteiger partial charge >= 0.3 is 0 Å². The maximum absolute atomic E-state index is 9.51.